The average Bonchev–Trinajstić information content (AvgIpc) is 2.58. The minimum atomic E-state index is -0.142. The van der Waals surface area contributed by atoms with Crippen LogP contribution in [-0.2, 0) is 9.59 Å². The fourth-order valence-corrected chi connectivity index (χ4v) is 2.79. The Morgan fingerprint density at radius 1 is 0.926 bits per heavy atom. The molecular weight excluding hydrogens is 338 g/mol. The van der Waals surface area contributed by atoms with E-state index < -0.39 is 0 Å². The fraction of sp³-hybridized carbons (Fsp3) is 0.364. The van der Waals surface area contributed by atoms with E-state index in [1.54, 1.807) is 11.9 Å². The second kappa shape index (κ2) is 9.33. The molecule has 2 aromatic rings. The van der Waals surface area contributed by atoms with Crippen LogP contribution in [0.15, 0.2) is 42.5 Å². The van der Waals surface area contributed by atoms with E-state index in [0.29, 0.717) is 0 Å². The lowest BCUT2D eigenvalue weighted by atomic mass is 10.0. The topological polar surface area (TPSA) is 61.4 Å². The molecule has 0 saturated heterocycles. The number of anilines is 1. The highest BCUT2D eigenvalue weighted by atomic mass is 16.2. The van der Waals surface area contributed by atoms with Gasteiger partial charge in [-0.25, -0.2) is 0 Å². The van der Waals surface area contributed by atoms with Crippen LogP contribution in [0.1, 0.15) is 35.2 Å². The molecule has 2 amide bonds. The van der Waals surface area contributed by atoms with Gasteiger partial charge >= 0.3 is 0 Å². The first kappa shape index (κ1) is 20.6. The van der Waals surface area contributed by atoms with Gasteiger partial charge in [0.15, 0.2) is 0 Å². The van der Waals surface area contributed by atoms with Crippen molar-refractivity contribution in [2.24, 2.45) is 0 Å². The predicted octanol–water partition coefficient (Wildman–Crippen LogP) is 3.36. The third-order valence-corrected chi connectivity index (χ3v) is 4.57. The Morgan fingerprint density at radius 2 is 1.56 bits per heavy atom. The molecule has 0 aliphatic rings. The lowest BCUT2D eigenvalue weighted by Crippen LogP contribution is -2.39. The molecule has 5 heteroatoms. The Hall–Kier alpha value is -2.66. The highest BCUT2D eigenvalue weighted by Gasteiger charge is 2.14. The number of aryl methyl sites for hydroxylation is 3. The Balaban J connectivity index is 1.81. The first-order chi connectivity index (χ1) is 12.7. The van der Waals surface area contributed by atoms with Crippen molar-refractivity contribution in [3.8, 4) is 0 Å². The van der Waals surface area contributed by atoms with Gasteiger partial charge in [-0.15, -0.1) is 0 Å². The SMILES string of the molecule is Cc1ccc(NC(=O)CN(C)CC(=O)N[C@H](C)c2ccc(C)c(C)c2)cc1. The van der Waals surface area contributed by atoms with Crippen molar-refractivity contribution in [3.63, 3.8) is 0 Å². The molecule has 1 atom stereocenters. The van der Waals surface area contributed by atoms with E-state index in [1.807, 2.05) is 44.2 Å². The summed E-state index contributed by atoms with van der Waals surface area (Å²) in [5, 5.41) is 5.83. The molecule has 0 fully saturated rings. The van der Waals surface area contributed by atoms with Gasteiger partial charge < -0.3 is 10.6 Å². The number of carbonyl (C=O) groups excluding carboxylic acids is 2. The second-order valence-corrected chi connectivity index (χ2v) is 7.22. The van der Waals surface area contributed by atoms with Crippen LogP contribution in [0.3, 0.4) is 0 Å². The summed E-state index contributed by atoms with van der Waals surface area (Å²) < 4.78 is 0. The van der Waals surface area contributed by atoms with Gasteiger partial charge in [0.25, 0.3) is 0 Å². The largest absolute Gasteiger partial charge is 0.348 e. The van der Waals surface area contributed by atoms with Crippen LogP contribution >= 0.6 is 0 Å². The van der Waals surface area contributed by atoms with Crippen LogP contribution in [0.2, 0.25) is 0 Å². The van der Waals surface area contributed by atoms with Crippen molar-refractivity contribution in [1.82, 2.24) is 10.2 Å². The number of rotatable bonds is 7. The van der Waals surface area contributed by atoms with Crippen LogP contribution in [0.5, 0.6) is 0 Å². The van der Waals surface area contributed by atoms with Crippen molar-refractivity contribution in [1.29, 1.82) is 0 Å². The normalized spacial score (nSPS) is 11.9. The number of likely N-dealkylation sites (N-methyl/N-ethyl adjacent to an activating group) is 1. The molecular formula is C22H29N3O2. The van der Waals surface area contributed by atoms with Crippen molar-refractivity contribution in [3.05, 3.63) is 64.7 Å². The summed E-state index contributed by atoms with van der Waals surface area (Å²) in [4.78, 5) is 26.1. The third-order valence-electron chi connectivity index (χ3n) is 4.57. The lowest BCUT2D eigenvalue weighted by molar-refractivity contribution is -0.123. The molecule has 5 nitrogen and oxygen atoms in total. The van der Waals surface area contributed by atoms with Crippen molar-refractivity contribution in [2.45, 2.75) is 33.7 Å². The number of nitrogens with one attached hydrogen (secondary N) is 2. The van der Waals surface area contributed by atoms with Crippen molar-refractivity contribution in [2.75, 3.05) is 25.5 Å². The molecule has 27 heavy (non-hydrogen) atoms. The zero-order chi connectivity index (χ0) is 20.0. The van der Waals surface area contributed by atoms with Gasteiger partial charge in [0.05, 0.1) is 19.1 Å². The van der Waals surface area contributed by atoms with Gasteiger partial charge in [0, 0.05) is 5.69 Å². The smallest absolute Gasteiger partial charge is 0.238 e. The molecule has 0 saturated carbocycles. The minimum Gasteiger partial charge on any atom is -0.348 e. The summed E-state index contributed by atoms with van der Waals surface area (Å²) in [6.45, 7) is 8.41. The summed E-state index contributed by atoms with van der Waals surface area (Å²) in [5.74, 6) is -0.247. The standard InChI is InChI=1S/C22H29N3O2/c1-15-6-10-20(11-7-15)24-22(27)14-25(5)13-21(26)23-18(4)19-9-8-16(2)17(3)12-19/h6-12,18H,13-14H2,1-5H3,(H,23,26)(H,24,27)/t18-/m1/s1. The van der Waals surface area contributed by atoms with Gasteiger partial charge in [-0.2, -0.15) is 0 Å². The van der Waals surface area contributed by atoms with E-state index in [4.69, 9.17) is 0 Å². The number of nitrogens with zero attached hydrogens (tertiary/aromatic N) is 1. The predicted molar refractivity (Wildman–Crippen MR) is 110 cm³/mol. The summed E-state index contributed by atoms with van der Waals surface area (Å²) in [6, 6.07) is 13.7. The van der Waals surface area contributed by atoms with E-state index in [2.05, 4.69) is 36.6 Å². The zero-order valence-corrected chi connectivity index (χ0v) is 16.8. The molecule has 0 unspecified atom stereocenters. The Labute approximate surface area is 161 Å². The van der Waals surface area contributed by atoms with Crippen LogP contribution in [-0.4, -0.2) is 36.9 Å². The van der Waals surface area contributed by atoms with Gasteiger partial charge in [-0.05, 0) is 63.6 Å². The van der Waals surface area contributed by atoms with Crippen LogP contribution in [0.4, 0.5) is 5.69 Å². The number of amides is 2. The van der Waals surface area contributed by atoms with Crippen molar-refractivity contribution >= 4 is 17.5 Å². The first-order valence-corrected chi connectivity index (χ1v) is 9.16. The van der Waals surface area contributed by atoms with Gasteiger partial charge in [-0.3, -0.25) is 14.5 Å². The highest BCUT2D eigenvalue weighted by Crippen LogP contribution is 2.16. The molecule has 2 rings (SSSR count). The molecule has 0 spiro atoms. The van der Waals surface area contributed by atoms with Crippen molar-refractivity contribution < 1.29 is 9.59 Å². The molecule has 0 bridgehead atoms. The summed E-state index contributed by atoms with van der Waals surface area (Å²) >= 11 is 0. The van der Waals surface area contributed by atoms with Gasteiger partial charge in [0.1, 0.15) is 0 Å². The number of hydrogen-bond acceptors (Lipinski definition) is 3. The quantitative estimate of drug-likeness (QED) is 0.789. The van der Waals surface area contributed by atoms with E-state index in [0.717, 1.165) is 16.8 Å². The molecule has 0 aromatic heterocycles. The summed E-state index contributed by atoms with van der Waals surface area (Å²) in [7, 11) is 1.76. The molecule has 144 valence electrons. The Morgan fingerprint density at radius 3 is 2.19 bits per heavy atom. The Bertz CT molecular complexity index is 800. The summed E-state index contributed by atoms with van der Waals surface area (Å²) in [6.07, 6.45) is 0. The van der Waals surface area contributed by atoms with E-state index in [-0.39, 0.29) is 30.9 Å². The fourth-order valence-electron chi connectivity index (χ4n) is 2.79. The number of benzene rings is 2. The third kappa shape index (κ3) is 6.53. The molecule has 2 N–H and O–H groups in total. The summed E-state index contributed by atoms with van der Waals surface area (Å²) in [5.41, 5.74) is 5.41. The molecule has 0 aliphatic heterocycles. The van der Waals surface area contributed by atoms with E-state index in [1.165, 1.54) is 11.1 Å². The van der Waals surface area contributed by atoms with Gasteiger partial charge in [0.2, 0.25) is 11.8 Å². The van der Waals surface area contributed by atoms with E-state index in [9.17, 15) is 9.59 Å². The minimum absolute atomic E-state index is 0.0772. The number of hydrogen-bond donors (Lipinski definition) is 2. The second-order valence-electron chi connectivity index (χ2n) is 7.22. The maximum absolute atomic E-state index is 12.3. The average molecular weight is 367 g/mol. The molecule has 0 heterocycles. The van der Waals surface area contributed by atoms with Gasteiger partial charge in [-0.1, -0.05) is 35.9 Å². The molecule has 0 radical (unpaired) electrons. The maximum Gasteiger partial charge on any atom is 0.238 e. The first-order valence-electron chi connectivity index (χ1n) is 9.16. The van der Waals surface area contributed by atoms with Crippen LogP contribution in [0.25, 0.3) is 0 Å². The molecule has 0 aliphatic carbocycles. The lowest BCUT2D eigenvalue weighted by Gasteiger charge is -2.19. The van der Waals surface area contributed by atoms with Crippen LogP contribution in [0, 0.1) is 20.8 Å². The monoisotopic (exact) mass is 367 g/mol. The molecule has 2 aromatic carbocycles. The zero-order valence-electron chi connectivity index (χ0n) is 16.8. The van der Waals surface area contributed by atoms with E-state index >= 15 is 0 Å². The number of carbonyl (C=O) groups is 2. The maximum atomic E-state index is 12.3. The highest BCUT2D eigenvalue weighted by molar-refractivity contribution is 5.92. The van der Waals surface area contributed by atoms with Crippen LogP contribution < -0.4 is 10.6 Å². The Kier molecular flexibility index (Phi) is 7.13.